The first-order chi connectivity index (χ1) is 6.90. The lowest BCUT2D eigenvalue weighted by Crippen LogP contribution is -2.16. The normalized spacial score (nSPS) is 18.0. The van der Waals surface area contributed by atoms with E-state index in [2.05, 4.69) is 9.97 Å². The van der Waals surface area contributed by atoms with Crippen molar-refractivity contribution in [3.63, 3.8) is 0 Å². The zero-order valence-electron chi connectivity index (χ0n) is 7.85. The Kier molecular flexibility index (Phi) is 2.84. The van der Waals surface area contributed by atoms with Gasteiger partial charge in [-0.25, -0.2) is 9.97 Å². The highest BCUT2D eigenvalue weighted by Crippen LogP contribution is 2.23. The van der Waals surface area contributed by atoms with Gasteiger partial charge in [0.15, 0.2) is 6.29 Å². The predicted molar refractivity (Wildman–Crippen MR) is 50.2 cm³/mol. The molecule has 2 rings (SSSR count). The Balaban J connectivity index is 2.11. The Morgan fingerprint density at radius 3 is 2.50 bits per heavy atom. The molecule has 74 valence electrons. The fourth-order valence-corrected chi connectivity index (χ4v) is 1.58. The summed E-state index contributed by atoms with van der Waals surface area (Å²) in [5.74, 6) is 1.23. The Hall–Kier alpha value is -1.29. The van der Waals surface area contributed by atoms with E-state index in [4.69, 9.17) is 4.74 Å². The van der Waals surface area contributed by atoms with Crippen molar-refractivity contribution < 1.29 is 9.53 Å². The summed E-state index contributed by atoms with van der Waals surface area (Å²) >= 11 is 0. The third-order valence-electron chi connectivity index (χ3n) is 2.41. The maximum atomic E-state index is 10.4. The molecule has 1 saturated heterocycles. The second-order valence-corrected chi connectivity index (χ2v) is 3.38. The van der Waals surface area contributed by atoms with Crippen LogP contribution in [0.25, 0.3) is 0 Å². The van der Waals surface area contributed by atoms with E-state index >= 15 is 0 Å². The Morgan fingerprint density at radius 1 is 1.29 bits per heavy atom. The highest BCUT2D eigenvalue weighted by molar-refractivity contribution is 5.73. The van der Waals surface area contributed by atoms with Gasteiger partial charge in [-0.05, 0) is 12.8 Å². The van der Waals surface area contributed by atoms with Crippen LogP contribution in [0.2, 0.25) is 0 Å². The van der Waals surface area contributed by atoms with Gasteiger partial charge in [-0.15, -0.1) is 0 Å². The number of hydrogen-bond donors (Lipinski definition) is 0. The molecule has 1 aliphatic heterocycles. The van der Waals surface area contributed by atoms with Crippen molar-refractivity contribution in [3.8, 4) is 0 Å². The molecule has 14 heavy (non-hydrogen) atoms. The fourth-order valence-electron chi connectivity index (χ4n) is 1.58. The number of aromatic nitrogens is 2. The molecule has 0 bridgehead atoms. The van der Waals surface area contributed by atoms with E-state index in [1.807, 2.05) is 0 Å². The molecule has 0 radical (unpaired) electrons. The van der Waals surface area contributed by atoms with Gasteiger partial charge in [-0.3, -0.25) is 4.79 Å². The molecule has 1 aromatic heterocycles. The van der Waals surface area contributed by atoms with Crippen molar-refractivity contribution in [3.05, 3.63) is 23.8 Å². The summed E-state index contributed by atoms with van der Waals surface area (Å²) in [6, 6.07) is 0. The molecule has 0 atom stereocenters. The monoisotopic (exact) mass is 192 g/mol. The number of carbonyl (C=O) groups is 1. The summed E-state index contributed by atoms with van der Waals surface area (Å²) < 4.78 is 5.25. The van der Waals surface area contributed by atoms with Gasteiger partial charge < -0.3 is 4.74 Å². The van der Waals surface area contributed by atoms with E-state index in [-0.39, 0.29) is 0 Å². The van der Waals surface area contributed by atoms with Crippen LogP contribution in [-0.4, -0.2) is 29.5 Å². The van der Waals surface area contributed by atoms with Crippen LogP contribution in [0.4, 0.5) is 0 Å². The second-order valence-electron chi connectivity index (χ2n) is 3.38. The van der Waals surface area contributed by atoms with Crippen LogP contribution in [0.1, 0.15) is 34.9 Å². The molecule has 0 N–H and O–H groups in total. The number of aldehydes is 1. The molecule has 0 amide bonds. The SMILES string of the molecule is O=Cc1cnc(C2CCOCC2)nc1. The molecule has 2 heterocycles. The smallest absolute Gasteiger partial charge is 0.153 e. The maximum absolute atomic E-state index is 10.4. The molecule has 1 aromatic rings. The molecule has 4 nitrogen and oxygen atoms in total. The molecule has 0 aliphatic carbocycles. The van der Waals surface area contributed by atoms with Crippen LogP contribution in [0.15, 0.2) is 12.4 Å². The third-order valence-corrected chi connectivity index (χ3v) is 2.41. The van der Waals surface area contributed by atoms with E-state index in [0.717, 1.165) is 38.2 Å². The fraction of sp³-hybridized carbons (Fsp3) is 0.500. The first-order valence-corrected chi connectivity index (χ1v) is 4.75. The molecule has 0 saturated carbocycles. The summed E-state index contributed by atoms with van der Waals surface area (Å²) in [4.78, 5) is 18.7. The minimum Gasteiger partial charge on any atom is -0.381 e. The van der Waals surface area contributed by atoms with E-state index in [0.29, 0.717) is 11.5 Å². The van der Waals surface area contributed by atoms with Crippen molar-refractivity contribution in [2.75, 3.05) is 13.2 Å². The van der Waals surface area contributed by atoms with Gasteiger partial charge in [0, 0.05) is 31.5 Å². The number of carbonyl (C=O) groups excluding carboxylic acids is 1. The van der Waals surface area contributed by atoms with Gasteiger partial charge in [0.1, 0.15) is 5.82 Å². The maximum Gasteiger partial charge on any atom is 0.153 e. The zero-order chi connectivity index (χ0) is 9.80. The standard InChI is InChI=1S/C10H12N2O2/c13-7-8-5-11-10(12-6-8)9-1-3-14-4-2-9/h5-7,9H,1-4H2. The summed E-state index contributed by atoms with van der Waals surface area (Å²) in [5, 5.41) is 0. The van der Waals surface area contributed by atoms with Gasteiger partial charge >= 0.3 is 0 Å². The molecule has 1 fully saturated rings. The molecular formula is C10H12N2O2. The number of nitrogens with zero attached hydrogens (tertiary/aromatic N) is 2. The zero-order valence-corrected chi connectivity index (χ0v) is 7.85. The third kappa shape index (κ3) is 1.96. The molecule has 0 spiro atoms. The number of rotatable bonds is 2. The average molecular weight is 192 g/mol. The van der Waals surface area contributed by atoms with Crippen LogP contribution < -0.4 is 0 Å². The molecule has 0 aromatic carbocycles. The summed E-state index contributed by atoms with van der Waals surface area (Å²) in [5.41, 5.74) is 0.529. The quantitative estimate of drug-likeness (QED) is 0.660. The van der Waals surface area contributed by atoms with Crippen LogP contribution in [0, 0.1) is 0 Å². The lowest BCUT2D eigenvalue weighted by Gasteiger charge is -2.20. The molecular weight excluding hydrogens is 180 g/mol. The van der Waals surface area contributed by atoms with E-state index < -0.39 is 0 Å². The van der Waals surface area contributed by atoms with Crippen LogP contribution >= 0.6 is 0 Å². The van der Waals surface area contributed by atoms with Crippen molar-refractivity contribution in [2.24, 2.45) is 0 Å². The van der Waals surface area contributed by atoms with Crippen LogP contribution in [0.3, 0.4) is 0 Å². The Morgan fingerprint density at radius 2 is 1.93 bits per heavy atom. The number of ether oxygens (including phenoxy) is 1. The van der Waals surface area contributed by atoms with E-state index in [9.17, 15) is 4.79 Å². The topological polar surface area (TPSA) is 52.1 Å². The van der Waals surface area contributed by atoms with Gasteiger partial charge in [-0.2, -0.15) is 0 Å². The van der Waals surface area contributed by atoms with Gasteiger partial charge in [-0.1, -0.05) is 0 Å². The molecule has 1 aliphatic rings. The van der Waals surface area contributed by atoms with Crippen molar-refractivity contribution in [2.45, 2.75) is 18.8 Å². The van der Waals surface area contributed by atoms with Crippen LogP contribution in [0.5, 0.6) is 0 Å². The largest absolute Gasteiger partial charge is 0.381 e. The summed E-state index contributed by atoms with van der Waals surface area (Å²) in [6.07, 6.45) is 5.85. The van der Waals surface area contributed by atoms with Crippen LogP contribution in [-0.2, 0) is 4.74 Å². The summed E-state index contributed by atoms with van der Waals surface area (Å²) in [7, 11) is 0. The Bertz CT molecular complexity index is 304. The number of hydrogen-bond acceptors (Lipinski definition) is 4. The molecule has 0 unspecified atom stereocenters. The predicted octanol–water partition coefficient (Wildman–Crippen LogP) is 1.18. The van der Waals surface area contributed by atoms with Crippen molar-refractivity contribution in [1.82, 2.24) is 9.97 Å². The first kappa shape index (κ1) is 9.27. The van der Waals surface area contributed by atoms with Gasteiger partial charge in [0.05, 0.1) is 5.56 Å². The van der Waals surface area contributed by atoms with Crippen molar-refractivity contribution >= 4 is 6.29 Å². The minimum atomic E-state index is 0.393. The van der Waals surface area contributed by atoms with E-state index in [1.54, 1.807) is 12.4 Å². The van der Waals surface area contributed by atoms with Crippen molar-refractivity contribution in [1.29, 1.82) is 0 Å². The molecule has 4 heteroatoms. The lowest BCUT2D eigenvalue weighted by molar-refractivity contribution is 0.0835. The van der Waals surface area contributed by atoms with Gasteiger partial charge in [0.2, 0.25) is 0 Å². The average Bonchev–Trinajstić information content (AvgIpc) is 2.30. The van der Waals surface area contributed by atoms with Gasteiger partial charge in [0.25, 0.3) is 0 Å². The Labute approximate surface area is 82.3 Å². The lowest BCUT2D eigenvalue weighted by atomic mass is 9.99. The van der Waals surface area contributed by atoms with E-state index in [1.165, 1.54) is 0 Å². The minimum absolute atomic E-state index is 0.393. The first-order valence-electron chi connectivity index (χ1n) is 4.75. The second kappa shape index (κ2) is 4.28. The summed E-state index contributed by atoms with van der Waals surface area (Å²) in [6.45, 7) is 1.56. The highest BCUT2D eigenvalue weighted by atomic mass is 16.5. The highest BCUT2D eigenvalue weighted by Gasteiger charge is 2.17.